The Labute approximate surface area is 149 Å². The van der Waals surface area contributed by atoms with Gasteiger partial charge in [0.05, 0.1) is 18.7 Å². The molecule has 0 bridgehead atoms. The second-order valence-electron chi connectivity index (χ2n) is 6.18. The van der Waals surface area contributed by atoms with Crippen molar-refractivity contribution in [2.24, 2.45) is 5.10 Å². The maximum atomic E-state index is 12.2. The molecule has 0 aliphatic heterocycles. The fourth-order valence-corrected chi connectivity index (χ4v) is 2.57. The highest BCUT2D eigenvalue weighted by Gasteiger charge is 2.08. The van der Waals surface area contributed by atoms with Gasteiger partial charge in [-0.1, -0.05) is 42.8 Å². The molecule has 2 rings (SSSR count). The number of hydrazone groups is 1. The maximum Gasteiger partial charge on any atom is 0.244 e. The summed E-state index contributed by atoms with van der Waals surface area (Å²) >= 11 is 0. The summed E-state index contributed by atoms with van der Waals surface area (Å²) in [7, 11) is 0. The summed E-state index contributed by atoms with van der Waals surface area (Å²) in [4.78, 5) is 12.2. The van der Waals surface area contributed by atoms with E-state index >= 15 is 0 Å². The van der Waals surface area contributed by atoms with Crippen molar-refractivity contribution in [2.45, 2.75) is 40.5 Å². The van der Waals surface area contributed by atoms with Gasteiger partial charge in [0.25, 0.3) is 0 Å². The minimum Gasteiger partial charge on any atom is -0.493 e. The van der Waals surface area contributed by atoms with Gasteiger partial charge in [-0.25, -0.2) is 5.43 Å². The highest BCUT2D eigenvalue weighted by molar-refractivity contribution is 6.01. The monoisotopic (exact) mass is 338 g/mol. The number of nitrogens with zero attached hydrogens (tertiary/aromatic N) is 1. The lowest BCUT2D eigenvalue weighted by Crippen LogP contribution is -2.21. The minimum absolute atomic E-state index is 0.127. The van der Waals surface area contributed by atoms with E-state index in [-0.39, 0.29) is 5.91 Å². The normalized spacial score (nSPS) is 11.3. The van der Waals surface area contributed by atoms with E-state index in [2.05, 4.69) is 23.5 Å². The lowest BCUT2D eigenvalue weighted by atomic mass is 10.0. The number of hydrogen-bond donors (Lipinski definition) is 1. The zero-order valence-corrected chi connectivity index (χ0v) is 15.4. The zero-order valence-electron chi connectivity index (χ0n) is 15.4. The number of ether oxygens (including phenoxy) is 1. The topological polar surface area (TPSA) is 50.7 Å². The van der Waals surface area contributed by atoms with E-state index in [1.165, 1.54) is 5.56 Å². The highest BCUT2D eigenvalue weighted by Crippen LogP contribution is 2.19. The van der Waals surface area contributed by atoms with Gasteiger partial charge in [0.2, 0.25) is 5.91 Å². The van der Waals surface area contributed by atoms with E-state index in [9.17, 15) is 4.79 Å². The first-order valence-electron chi connectivity index (χ1n) is 8.62. The molecule has 1 N–H and O–H groups in total. The highest BCUT2D eigenvalue weighted by atomic mass is 16.5. The van der Waals surface area contributed by atoms with Gasteiger partial charge < -0.3 is 4.74 Å². The molecule has 0 atom stereocenters. The third kappa shape index (κ3) is 5.45. The fraction of sp³-hybridized carbons (Fsp3) is 0.333. The van der Waals surface area contributed by atoms with Gasteiger partial charge in [-0.15, -0.1) is 0 Å². The zero-order chi connectivity index (χ0) is 18.2. The third-order valence-electron chi connectivity index (χ3n) is 3.94. The van der Waals surface area contributed by atoms with E-state index in [0.29, 0.717) is 13.0 Å². The Morgan fingerprint density at radius 2 is 1.92 bits per heavy atom. The van der Waals surface area contributed by atoms with Crippen LogP contribution in [0.2, 0.25) is 0 Å². The molecule has 0 spiro atoms. The summed E-state index contributed by atoms with van der Waals surface area (Å²) in [6.45, 7) is 8.65. The average molecular weight is 338 g/mol. The van der Waals surface area contributed by atoms with Crippen LogP contribution < -0.4 is 10.2 Å². The Morgan fingerprint density at radius 3 is 2.64 bits per heavy atom. The smallest absolute Gasteiger partial charge is 0.244 e. The number of amides is 1. The van der Waals surface area contributed by atoms with E-state index in [1.54, 1.807) is 0 Å². The third-order valence-corrected chi connectivity index (χ3v) is 3.94. The summed E-state index contributed by atoms with van der Waals surface area (Å²) in [6, 6.07) is 13.8. The van der Waals surface area contributed by atoms with E-state index < -0.39 is 0 Å². The van der Waals surface area contributed by atoms with Crippen LogP contribution in [0.15, 0.2) is 47.6 Å². The molecule has 0 unspecified atom stereocenters. The van der Waals surface area contributed by atoms with Crippen LogP contribution in [0.5, 0.6) is 5.75 Å². The second kappa shape index (κ2) is 9.02. The SMILES string of the molecule is CCCOc1ccccc1/C(C)=N\NC(=O)Cc1ccc(C)cc1C. The lowest BCUT2D eigenvalue weighted by Gasteiger charge is -2.11. The number of rotatable bonds is 7. The fourth-order valence-electron chi connectivity index (χ4n) is 2.57. The van der Waals surface area contributed by atoms with Crippen molar-refractivity contribution in [3.05, 3.63) is 64.7 Å². The Hall–Kier alpha value is -2.62. The van der Waals surface area contributed by atoms with Crippen LogP contribution in [0.1, 0.15) is 42.5 Å². The van der Waals surface area contributed by atoms with Gasteiger partial charge in [0, 0.05) is 5.56 Å². The molecule has 132 valence electrons. The van der Waals surface area contributed by atoms with E-state index in [1.807, 2.05) is 57.2 Å². The average Bonchev–Trinajstić information content (AvgIpc) is 2.60. The van der Waals surface area contributed by atoms with Gasteiger partial charge in [0.15, 0.2) is 0 Å². The molecule has 0 saturated heterocycles. The molecule has 0 aliphatic rings. The molecule has 2 aromatic rings. The van der Waals surface area contributed by atoms with Crippen LogP contribution in [0.25, 0.3) is 0 Å². The van der Waals surface area contributed by atoms with Gasteiger partial charge >= 0.3 is 0 Å². The number of para-hydroxylation sites is 1. The largest absolute Gasteiger partial charge is 0.493 e. The van der Waals surface area contributed by atoms with Crippen molar-refractivity contribution < 1.29 is 9.53 Å². The number of carbonyl (C=O) groups excluding carboxylic acids is 1. The molecule has 4 nitrogen and oxygen atoms in total. The molecule has 0 heterocycles. The predicted molar refractivity (Wildman–Crippen MR) is 102 cm³/mol. The van der Waals surface area contributed by atoms with Crippen molar-refractivity contribution in [1.29, 1.82) is 0 Å². The Bertz CT molecular complexity index is 766. The molecule has 0 saturated carbocycles. The van der Waals surface area contributed by atoms with E-state index in [4.69, 9.17) is 4.74 Å². The summed E-state index contributed by atoms with van der Waals surface area (Å²) in [5.41, 5.74) is 7.59. The van der Waals surface area contributed by atoms with Crippen LogP contribution in [0.4, 0.5) is 0 Å². The number of carbonyl (C=O) groups is 1. The molecule has 0 aromatic heterocycles. The van der Waals surface area contributed by atoms with Gasteiger partial charge in [-0.3, -0.25) is 4.79 Å². The minimum atomic E-state index is -0.127. The van der Waals surface area contributed by atoms with Crippen LogP contribution in [0, 0.1) is 13.8 Å². The molecule has 0 aliphatic carbocycles. The summed E-state index contributed by atoms with van der Waals surface area (Å²) < 4.78 is 5.74. The summed E-state index contributed by atoms with van der Waals surface area (Å²) in [6.07, 6.45) is 1.26. The van der Waals surface area contributed by atoms with Gasteiger partial charge in [-0.05, 0) is 50.5 Å². The standard InChI is InChI=1S/C21H26N2O2/c1-5-12-25-20-9-7-6-8-19(20)17(4)22-23-21(24)14-18-11-10-15(2)13-16(18)3/h6-11,13H,5,12,14H2,1-4H3,(H,23,24)/b22-17-. The van der Waals surface area contributed by atoms with Crippen LogP contribution in [-0.2, 0) is 11.2 Å². The molecule has 2 aromatic carbocycles. The number of hydrogen-bond acceptors (Lipinski definition) is 3. The maximum absolute atomic E-state index is 12.2. The van der Waals surface area contributed by atoms with Crippen LogP contribution in [0.3, 0.4) is 0 Å². The van der Waals surface area contributed by atoms with Crippen molar-refractivity contribution in [3.63, 3.8) is 0 Å². The molecular weight excluding hydrogens is 312 g/mol. The van der Waals surface area contributed by atoms with Crippen LogP contribution in [-0.4, -0.2) is 18.2 Å². The van der Waals surface area contributed by atoms with E-state index in [0.717, 1.165) is 34.6 Å². The van der Waals surface area contributed by atoms with Crippen molar-refractivity contribution in [3.8, 4) is 5.75 Å². The Balaban J connectivity index is 2.04. The summed E-state index contributed by atoms with van der Waals surface area (Å²) in [5.74, 6) is 0.660. The number of aryl methyl sites for hydroxylation is 2. The molecule has 25 heavy (non-hydrogen) atoms. The van der Waals surface area contributed by atoms with Crippen molar-refractivity contribution in [1.82, 2.24) is 5.43 Å². The Kier molecular flexibility index (Phi) is 6.75. The van der Waals surface area contributed by atoms with Crippen molar-refractivity contribution in [2.75, 3.05) is 6.61 Å². The Morgan fingerprint density at radius 1 is 1.16 bits per heavy atom. The predicted octanol–water partition coefficient (Wildman–Crippen LogP) is 4.18. The first-order valence-corrected chi connectivity index (χ1v) is 8.62. The van der Waals surface area contributed by atoms with Crippen molar-refractivity contribution >= 4 is 11.6 Å². The number of benzene rings is 2. The number of nitrogens with one attached hydrogen (secondary N) is 1. The van der Waals surface area contributed by atoms with Gasteiger partial charge in [-0.2, -0.15) is 5.10 Å². The lowest BCUT2D eigenvalue weighted by molar-refractivity contribution is -0.120. The molecule has 1 amide bonds. The van der Waals surface area contributed by atoms with Gasteiger partial charge in [0.1, 0.15) is 5.75 Å². The first-order chi connectivity index (χ1) is 12.0. The quantitative estimate of drug-likeness (QED) is 0.608. The van der Waals surface area contributed by atoms with Crippen LogP contribution >= 0.6 is 0 Å². The molecule has 4 heteroatoms. The molecule has 0 radical (unpaired) electrons. The second-order valence-corrected chi connectivity index (χ2v) is 6.18. The summed E-state index contributed by atoms with van der Waals surface area (Å²) in [5, 5.41) is 4.24. The molecule has 0 fully saturated rings. The first kappa shape index (κ1) is 18.7. The molecular formula is C21H26N2O2.